The fourth-order valence-electron chi connectivity index (χ4n) is 1.79. The molecule has 0 saturated carbocycles. The van der Waals surface area contributed by atoms with Crippen molar-refractivity contribution in [2.75, 3.05) is 13.1 Å². The zero-order chi connectivity index (χ0) is 15.5. The Labute approximate surface area is 125 Å². The van der Waals surface area contributed by atoms with Crippen LogP contribution in [-0.4, -0.2) is 35.9 Å². The van der Waals surface area contributed by atoms with Gasteiger partial charge in [0.05, 0.1) is 12.6 Å². The molecule has 0 radical (unpaired) electrons. The Hall–Kier alpha value is -1.95. The molecule has 21 heavy (non-hydrogen) atoms. The van der Waals surface area contributed by atoms with Crippen molar-refractivity contribution < 1.29 is 9.59 Å². The van der Waals surface area contributed by atoms with Crippen LogP contribution in [0.15, 0.2) is 24.4 Å². The van der Waals surface area contributed by atoms with Crippen LogP contribution in [0, 0.1) is 0 Å². The zero-order valence-electron chi connectivity index (χ0n) is 12.5. The predicted octanol–water partition coefficient (Wildman–Crippen LogP) is 0.374. The van der Waals surface area contributed by atoms with Gasteiger partial charge in [-0.2, -0.15) is 0 Å². The van der Waals surface area contributed by atoms with Crippen LogP contribution in [-0.2, 0) is 16.0 Å². The molecule has 1 atom stereocenters. The lowest BCUT2D eigenvalue weighted by Crippen LogP contribution is -2.45. The van der Waals surface area contributed by atoms with Crippen molar-refractivity contribution in [1.82, 2.24) is 15.6 Å². The second kappa shape index (κ2) is 9.88. The summed E-state index contributed by atoms with van der Waals surface area (Å²) in [7, 11) is 0. The lowest BCUT2D eigenvalue weighted by atomic mass is 10.1. The quantitative estimate of drug-likeness (QED) is 0.612. The first-order chi connectivity index (χ1) is 10.1. The summed E-state index contributed by atoms with van der Waals surface area (Å²) in [4.78, 5) is 27.4. The number of rotatable bonds is 9. The minimum absolute atomic E-state index is 0.0408. The number of hydrogen-bond donors (Lipinski definition) is 3. The highest BCUT2D eigenvalue weighted by molar-refractivity contribution is 5.87. The third kappa shape index (κ3) is 7.41. The maximum absolute atomic E-state index is 11.6. The highest BCUT2D eigenvalue weighted by Gasteiger charge is 2.13. The van der Waals surface area contributed by atoms with Gasteiger partial charge in [0, 0.05) is 24.9 Å². The minimum atomic E-state index is -0.536. The summed E-state index contributed by atoms with van der Waals surface area (Å²) < 4.78 is 0. The molecule has 2 amide bonds. The van der Waals surface area contributed by atoms with Crippen LogP contribution in [0.1, 0.15) is 31.9 Å². The largest absolute Gasteiger partial charge is 0.354 e. The molecule has 0 aliphatic rings. The third-order valence-corrected chi connectivity index (χ3v) is 3.06. The van der Waals surface area contributed by atoms with Gasteiger partial charge in [-0.1, -0.05) is 25.8 Å². The van der Waals surface area contributed by atoms with Crippen LogP contribution in [0.4, 0.5) is 0 Å². The van der Waals surface area contributed by atoms with Crippen molar-refractivity contribution in [3.05, 3.63) is 30.1 Å². The Morgan fingerprint density at radius 2 is 2.14 bits per heavy atom. The van der Waals surface area contributed by atoms with Crippen LogP contribution >= 0.6 is 0 Å². The maximum Gasteiger partial charge on any atom is 0.239 e. The molecule has 0 fully saturated rings. The van der Waals surface area contributed by atoms with Gasteiger partial charge in [0.2, 0.25) is 11.8 Å². The van der Waals surface area contributed by atoms with Gasteiger partial charge in [0.25, 0.3) is 0 Å². The number of nitrogens with zero attached hydrogens (tertiary/aromatic N) is 1. The Bertz CT molecular complexity index is 437. The van der Waals surface area contributed by atoms with Gasteiger partial charge in [0.15, 0.2) is 0 Å². The van der Waals surface area contributed by atoms with Crippen LogP contribution in [0.3, 0.4) is 0 Å². The summed E-state index contributed by atoms with van der Waals surface area (Å²) in [5.74, 6) is -0.495. The Morgan fingerprint density at radius 1 is 1.33 bits per heavy atom. The number of nitrogens with two attached hydrogens (primary N) is 1. The van der Waals surface area contributed by atoms with E-state index in [9.17, 15) is 9.59 Å². The number of aromatic nitrogens is 1. The first kappa shape index (κ1) is 17.1. The molecule has 1 heterocycles. The van der Waals surface area contributed by atoms with Gasteiger partial charge in [0.1, 0.15) is 0 Å². The topological polar surface area (TPSA) is 97.1 Å². The van der Waals surface area contributed by atoms with E-state index in [1.165, 1.54) is 0 Å². The van der Waals surface area contributed by atoms with E-state index in [1.54, 1.807) is 6.20 Å². The summed E-state index contributed by atoms with van der Waals surface area (Å²) in [6, 6.07) is 5.12. The van der Waals surface area contributed by atoms with E-state index in [1.807, 2.05) is 25.1 Å². The molecular formula is C15H24N4O2. The Morgan fingerprint density at radius 3 is 2.81 bits per heavy atom. The zero-order valence-corrected chi connectivity index (χ0v) is 12.5. The van der Waals surface area contributed by atoms with Crippen molar-refractivity contribution >= 4 is 11.8 Å². The number of unbranched alkanes of at least 4 members (excludes halogenated alkanes) is 1. The molecule has 0 aromatic carbocycles. The van der Waals surface area contributed by atoms with E-state index in [-0.39, 0.29) is 18.4 Å². The van der Waals surface area contributed by atoms with Gasteiger partial charge in [-0.25, -0.2) is 0 Å². The van der Waals surface area contributed by atoms with E-state index in [2.05, 4.69) is 15.6 Å². The number of carbonyl (C=O) groups excluding carboxylic acids is 2. The molecule has 0 bridgehead atoms. The number of pyridine rings is 1. The summed E-state index contributed by atoms with van der Waals surface area (Å²) in [6.07, 6.45) is 4.93. The van der Waals surface area contributed by atoms with E-state index >= 15 is 0 Å². The first-order valence-electron chi connectivity index (χ1n) is 7.33. The van der Waals surface area contributed by atoms with Gasteiger partial charge in [-0.3, -0.25) is 14.6 Å². The highest BCUT2D eigenvalue weighted by atomic mass is 16.2. The molecule has 116 valence electrons. The summed E-state index contributed by atoms with van der Waals surface area (Å²) >= 11 is 0. The molecule has 6 heteroatoms. The van der Waals surface area contributed by atoms with Crippen molar-refractivity contribution in [1.29, 1.82) is 0 Å². The lowest BCUT2D eigenvalue weighted by Gasteiger charge is -2.11. The Balaban J connectivity index is 2.15. The molecular weight excluding hydrogens is 268 g/mol. The summed E-state index contributed by atoms with van der Waals surface area (Å²) in [5.41, 5.74) is 6.63. The fourth-order valence-corrected chi connectivity index (χ4v) is 1.79. The lowest BCUT2D eigenvalue weighted by molar-refractivity contribution is -0.126. The molecule has 4 N–H and O–H groups in total. The number of hydrogen-bond acceptors (Lipinski definition) is 4. The molecule has 0 aliphatic carbocycles. The average Bonchev–Trinajstić information content (AvgIpc) is 2.51. The van der Waals surface area contributed by atoms with Crippen molar-refractivity contribution in [3.63, 3.8) is 0 Å². The van der Waals surface area contributed by atoms with Crippen molar-refractivity contribution in [3.8, 4) is 0 Å². The van der Waals surface area contributed by atoms with E-state index in [0.29, 0.717) is 19.4 Å². The number of carbonyl (C=O) groups is 2. The summed E-state index contributed by atoms with van der Waals surface area (Å²) in [6.45, 7) is 2.49. The molecule has 0 aliphatic heterocycles. The minimum Gasteiger partial charge on any atom is -0.354 e. The second-order valence-corrected chi connectivity index (χ2v) is 4.89. The van der Waals surface area contributed by atoms with E-state index in [4.69, 9.17) is 5.73 Å². The third-order valence-electron chi connectivity index (χ3n) is 3.06. The molecule has 6 nitrogen and oxygen atoms in total. The maximum atomic E-state index is 11.6. The van der Waals surface area contributed by atoms with E-state index in [0.717, 1.165) is 18.5 Å². The second-order valence-electron chi connectivity index (χ2n) is 4.89. The fraction of sp³-hybridized carbons (Fsp3) is 0.533. The number of amides is 2. The molecule has 1 rings (SSSR count). The van der Waals surface area contributed by atoms with Crippen LogP contribution in [0.5, 0.6) is 0 Å². The van der Waals surface area contributed by atoms with Crippen LogP contribution < -0.4 is 16.4 Å². The first-order valence-corrected chi connectivity index (χ1v) is 7.33. The Kier molecular flexibility index (Phi) is 8.04. The van der Waals surface area contributed by atoms with Gasteiger partial charge in [-0.05, 0) is 18.6 Å². The van der Waals surface area contributed by atoms with Crippen molar-refractivity contribution in [2.45, 2.75) is 38.6 Å². The molecule has 1 aromatic heterocycles. The van der Waals surface area contributed by atoms with Gasteiger partial charge >= 0.3 is 0 Å². The van der Waals surface area contributed by atoms with Crippen molar-refractivity contribution in [2.24, 2.45) is 5.73 Å². The van der Waals surface area contributed by atoms with Crippen LogP contribution in [0.2, 0.25) is 0 Å². The average molecular weight is 292 g/mol. The highest BCUT2D eigenvalue weighted by Crippen LogP contribution is 1.97. The normalized spacial score (nSPS) is 11.7. The molecule has 0 unspecified atom stereocenters. The predicted molar refractivity (Wildman–Crippen MR) is 81.5 cm³/mol. The van der Waals surface area contributed by atoms with Crippen LogP contribution in [0.25, 0.3) is 0 Å². The smallest absolute Gasteiger partial charge is 0.239 e. The summed E-state index contributed by atoms with van der Waals surface area (Å²) in [5, 5.41) is 5.28. The standard InChI is InChI=1S/C15H24N4O2/c1-2-3-7-13(16)15(21)19-11-14(20)18-10-8-12-6-4-5-9-17-12/h4-6,9,13H,2-3,7-8,10-11,16H2,1H3,(H,18,20)(H,19,21)/t13-/m0/s1. The van der Waals surface area contributed by atoms with Gasteiger partial charge < -0.3 is 16.4 Å². The SMILES string of the molecule is CCCC[C@H](N)C(=O)NCC(=O)NCCc1ccccn1. The monoisotopic (exact) mass is 292 g/mol. The molecule has 0 saturated heterocycles. The van der Waals surface area contributed by atoms with Gasteiger partial charge in [-0.15, -0.1) is 0 Å². The number of nitrogens with one attached hydrogen (secondary N) is 2. The molecule has 0 spiro atoms. The van der Waals surface area contributed by atoms with E-state index < -0.39 is 6.04 Å². The molecule has 1 aromatic rings.